The molecule has 4 N–H and O–H groups in total. The number of anilines is 3. The molecule has 1 fully saturated rings. The molecule has 0 unspecified atom stereocenters. The maximum absolute atomic E-state index is 13.7. The predicted molar refractivity (Wildman–Crippen MR) is 124 cm³/mol. The van der Waals surface area contributed by atoms with Gasteiger partial charge in [0, 0.05) is 19.3 Å². The van der Waals surface area contributed by atoms with Crippen LogP contribution in [0.2, 0.25) is 0 Å². The van der Waals surface area contributed by atoms with Gasteiger partial charge in [0.15, 0.2) is 5.65 Å². The average Bonchev–Trinajstić information content (AvgIpc) is 3.26. The summed E-state index contributed by atoms with van der Waals surface area (Å²) in [6.45, 7) is 0. The smallest absolute Gasteiger partial charge is 0.278 e. The van der Waals surface area contributed by atoms with Crippen LogP contribution in [0.15, 0.2) is 59.7 Å². The van der Waals surface area contributed by atoms with E-state index in [0.29, 0.717) is 30.2 Å². The highest BCUT2D eigenvalue weighted by Gasteiger charge is 2.31. The molecule has 174 valence electrons. The van der Waals surface area contributed by atoms with E-state index >= 15 is 0 Å². The molecule has 34 heavy (non-hydrogen) atoms. The van der Waals surface area contributed by atoms with Crippen molar-refractivity contribution in [2.24, 2.45) is 0 Å². The van der Waals surface area contributed by atoms with Crippen LogP contribution in [0.4, 0.5) is 21.7 Å². The van der Waals surface area contributed by atoms with Gasteiger partial charge in [-0.2, -0.15) is 9.61 Å². The highest BCUT2D eigenvalue weighted by Crippen LogP contribution is 2.23. The zero-order chi connectivity index (χ0) is 23.8. The molecular formula is C23H22FN7O3. The Morgan fingerprint density at radius 2 is 2.06 bits per heavy atom. The second-order valence-corrected chi connectivity index (χ2v) is 8.00. The number of halogens is 1. The monoisotopic (exact) mass is 463 g/mol. The fourth-order valence-corrected chi connectivity index (χ4v) is 3.82. The number of aliphatic hydroxyl groups is 1. The summed E-state index contributed by atoms with van der Waals surface area (Å²) in [5.74, 6) is 0.00825. The summed E-state index contributed by atoms with van der Waals surface area (Å²) in [6.07, 6.45) is 3.76. The molecule has 0 radical (unpaired) electrons. The molecule has 4 aromatic rings. The number of aromatic nitrogens is 4. The standard InChI is InChI=1S/C23H22FN7O3/c1-25-20-11-19(27-17-6-3-9-30(23(17)34)14-5-2-4-13(24)10-14)29-21-15(12-26-31(20)21)22(33)28-16-7-8-18(16)32/h2-6,9-12,16,18,25,32H,7-8H2,1H3,(H,27,29)(H,28,33)/t16-,18+/m1/s1. The summed E-state index contributed by atoms with van der Waals surface area (Å²) < 4.78 is 16.5. The van der Waals surface area contributed by atoms with Crippen LogP contribution in [0.25, 0.3) is 11.3 Å². The Bertz CT molecular complexity index is 1450. The van der Waals surface area contributed by atoms with E-state index in [4.69, 9.17) is 0 Å². The topological polar surface area (TPSA) is 126 Å². The number of hydrogen-bond donors (Lipinski definition) is 4. The number of benzene rings is 1. The largest absolute Gasteiger partial charge is 0.391 e. The number of carbonyl (C=O) groups is 1. The Balaban J connectivity index is 1.50. The number of fused-ring (bicyclic) bond motifs is 1. The number of hydrogen-bond acceptors (Lipinski definition) is 7. The molecule has 0 bridgehead atoms. The highest BCUT2D eigenvalue weighted by molar-refractivity contribution is 6.00. The molecule has 5 rings (SSSR count). The molecule has 1 aliphatic carbocycles. The molecule has 11 heteroatoms. The molecule has 1 amide bonds. The highest BCUT2D eigenvalue weighted by atomic mass is 19.1. The molecule has 10 nitrogen and oxygen atoms in total. The van der Waals surface area contributed by atoms with Crippen LogP contribution in [-0.2, 0) is 0 Å². The minimum absolute atomic E-state index is 0.216. The summed E-state index contributed by atoms with van der Waals surface area (Å²) in [5.41, 5.74) is 0.729. The first-order chi connectivity index (χ1) is 16.4. The third kappa shape index (κ3) is 3.86. The molecule has 1 aliphatic rings. The first-order valence-electron chi connectivity index (χ1n) is 10.7. The number of nitrogens with zero attached hydrogens (tertiary/aromatic N) is 4. The minimum atomic E-state index is -0.554. The number of amides is 1. The predicted octanol–water partition coefficient (Wildman–Crippen LogP) is 2.06. The Hall–Kier alpha value is -4.25. The van der Waals surface area contributed by atoms with Crippen molar-refractivity contribution in [2.45, 2.75) is 25.0 Å². The molecule has 3 heterocycles. The normalized spacial score (nSPS) is 17.3. The molecular weight excluding hydrogens is 441 g/mol. The lowest BCUT2D eigenvalue weighted by Crippen LogP contribution is -2.50. The summed E-state index contributed by atoms with van der Waals surface area (Å²) in [6, 6.07) is 10.3. The fourth-order valence-electron chi connectivity index (χ4n) is 3.82. The summed E-state index contributed by atoms with van der Waals surface area (Å²) >= 11 is 0. The van der Waals surface area contributed by atoms with Gasteiger partial charge in [-0.15, -0.1) is 0 Å². The van der Waals surface area contributed by atoms with Crippen LogP contribution in [0.1, 0.15) is 23.2 Å². The van der Waals surface area contributed by atoms with Crippen molar-refractivity contribution in [1.29, 1.82) is 0 Å². The lowest BCUT2D eigenvalue weighted by atomic mass is 9.89. The number of aliphatic hydroxyl groups excluding tert-OH is 1. The molecule has 0 saturated heterocycles. The molecule has 0 spiro atoms. The maximum Gasteiger partial charge on any atom is 0.278 e. The van der Waals surface area contributed by atoms with Gasteiger partial charge in [0.05, 0.1) is 24.0 Å². The number of carbonyl (C=O) groups excluding carboxylic acids is 1. The lowest BCUT2D eigenvalue weighted by Gasteiger charge is -2.32. The third-order valence-corrected chi connectivity index (χ3v) is 5.82. The summed E-state index contributed by atoms with van der Waals surface area (Å²) in [4.78, 5) is 30.3. The Kier molecular flexibility index (Phi) is 5.46. The average molecular weight is 463 g/mol. The van der Waals surface area contributed by atoms with Gasteiger partial charge in [0.1, 0.15) is 28.7 Å². The van der Waals surface area contributed by atoms with Crippen molar-refractivity contribution in [2.75, 3.05) is 17.7 Å². The van der Waals surface area contributed by atoms with E-state index < -0.39 is 23.4 Å². The fraction of sp³-hybridized carbons (Fsp3) is 0.217. The van der Waals surface area contributed by atoms with Gasteiger partial charge in [-0.3, -0.25) is 14.2 Å². The first kappa shape index (κ1) is 21.6. The lowest BCUT2D eigenvalue weighted by molar-refractivity contribution is 0.0448. The van der Waals surface area contributed by atoms with Gasteiger partial charge in [-0.1, -0.05) is 6.07 Å². The van der Waals surface area contributed by atoms with E-state index in [1.165, 1.54) is 33.5 Å². The Labute approximate surface area is 193 Å². The van der Waals surface area contributed by atoms with Crippen LogP contribution in [0.5, 0.6) is 0 Å². The second kappa shape index (κ2) is 8.60. The van der Waals surface area contributed by atoms with Gasteiger partial charge in [-0.05, 0) is 43.2 Å². The number of pyridine rings is 1. The Morgan fingerprint density at radius 3 is 2.76 bits per heavy atom. The van der Waals surface area contributed by atoms with Crippen LogP contribution >= 0.6 is 0 Å². The van der Waals surface area contributed by atoms with Crippen molar-refractivity contribution >= 4 is 28.9 Å². The molecule has 2 atom stereocenters. The van der Waals surface area contributed by atoms with Gasteiger partial charge < -0.3 is 21.1 Å². The quantitative estimate of drug-likeness (QED) is 0.345. The van der Waals surface area contributed by atoms with Crippen molar-refractivity contribution in [3.8, 4) is 5.69 Å². The van der Waals surface area contributed by atoms with Crippen molar-refractivity contribution in [3.63, 3.8) is 0 Å². The molecule has 1 aromatic carbocycles. The zero-order valence-electron chi connectivity index (χ0n) is 18.2. The van der Waals surface area contributed by atoms with Crippen LogP contribution in [0, 0.1) is 5.82 Å². The van der Waals surface area contributed by atoms with Gasteiger partial charge in [0.2, 0.25) is 0 Å². The molecule has 0 aliphatic heterocycles. The van der Waals surface area contributed by atoms with E-state index in [9.17, 15) is 19.1 Å². The molecule has 1 saturated carbocycles. The van der Waals surface area contributed by atoms with Gasteiger partial charge in [0.25, 0.3) is 11.5 Å². The van der Waals surface area contributed by atoms with E-state index in [0.717, 1.165) is 0 Å². The van der Waals surface area contributed by atoms with Crippen LogP contribution < -0.4 is 21.5 Å². The zero-order valence-corrected chi connectivity index (χ0v) is 18.2. The van der Waals surface area contributed by atoms with Crippen LogP contribution in [-0.4, -0.2) is 49.4 Å². The van der Waals surface area contributed by atoms with Crippen molar-refractivity contribution < 1.29 is 14.3 Å². The van der Waals surface area contributed by atoms with Gasteiger partial charge >= 0.3 is 0 Å². The van der Waals surface area contributed by atoms with E-state index in [-0.39, 0.29) is 22.9 Å². The minimum Gasteiger partial charge on any atom is -0.391 e. The first-order valence-corrected chi connectivity index (χ1v) is 10.7. The second-order valence-electron chi connectivity index (χ2n) is 8.00. The number of nitrogens with one attached hydrogen (secondary N) is 3. The summed E-state index contributed by atoms with van der Waals surface area (Å²) in [7, 11) is 1.70. The van der Waals surface area contributed by atoms with Crippen molar-refractivity contribution in [3.05, 3.63) is 76.6 Å². The van der Waals surface area contributed by atoms with E-state index in [2.05, 4.69) is 26.0 Å². The summed E-state index contributed by atoms with van der Waals surface area (Å²) in [5, 5.41) is 22.8. The Morgan fingerprint density at radius 1 is 1.21 bits per heavy atom. The van der Waals surface area contributed by atoms with Crippen molar-refractivity contribution in [1.82, 2.24) is 24.5 Å². The SMILES string of the molecule is CNc1cc(Nc2cccn(-c3cccc(F)c3)c2=O)nc2c(C(=O)N[C@@H]3CC[C@@H]3O)cnn12. The third-order valence-electron chi connectivity index (χ3n) is 5.82. The van der Waals surface area contributed by atoms with Crippen LogP contribution in [0.3, 0.4) is 0 Å². The maximum atomic E-state index is 13.7. The van der Waals surface area contributed by atoms with E-state index in [1.54, 1.807) is 37.5 Å². The van der Waals surface area contributed by atoms with Gasteiger partial charge in [-0.25, -0.2) is 9.37 Å². The molecule has 3 aromatic heterocycles. The number of rotatable bonds is 6. The van der Waals surface area contributed by atoms with E-state index in [1.807, 2.05) is 0 Å².